The first kappa shape index (κ1) is 26.3. The van der Waals surface area contributed by atoms with Crippen LogP contribution in [0.25, 0.3) is 0 Å². The van der Waals surface area contributed by atoms with Crippen LogP contribution in [0.5, 0.6) is 0 Å². The van der Waals surface area contributed by atoms with Gasteiger partial charge in [-0.3, -0.25) is 0 Å². The van der Waals surface area contributed by atoms with Crippen molar-refractivity contribution in [2.45, 2.75) is 88.2 Å². The number of allylic oxidation sites excluding steroid dienone is 3. The Morgan fingerprint density at radius 2 is 1.48 bits per heavy atom. The normalized spacial score (nSPS) is 41.4. The molecule has 31 heavy (non-hydrogen) atoms. The lowest BCUT2D eigenvalue weighted by Gasteiger charge is -2.50. The van der Waals surface area contributed by atoms with Gasteiger partial charge in [0.05, 0.1) is 19.8 Å². The lowest BCUT2D eigenvalue weighted by atomic mass is 9.87. The van der Waals surface area contributed by atoms with Crippen LogP contribution in [0.15, 0.2) is 23.3 Å². The fourth-order valence-electron chi connectivity index (χ4n) is 3.84. The summed E-state index contributed by atoms with van der Waals surface area (Å²) in [5, 5.41) is 70.8. The molecule has 0 aliphatic carbocycles. The molecular weight excluding hydrogens is 412 g/mol. The first-order valence-electron chi connectivity index (χ1n) is 10.5. The number of ether oxygens (including phenoxy) is 3. The van der Waals surface area contributed by atoms with Crippen LogP contribution in [-0.4, -0.2) is 110 Å². The van der Waals surface area contributed by atoms with Gasteiger partial charge in [-0.05, 0) is 33.6 Å². The van der Waals surface area contributed by atoms with Gasteiger partial charge in [0.1, 0.15) is 48.8 Å². The van der Waals surface area contributed by atoms with Crippen LogP contribution in [0, 0.1) is 0 Å². The lowest BCUT2D eigenvalue weighted by molar-refractivity contribution is -0.394. The van der Waals surface area contributed by atoms with E-state index in [0.717, 1.165) is 18.4 Å². The third-order valence-corrected chi connectivity index (χ3v) is 5.75. The molecule has 180 valence electrons. The molecule has 7 N–H and O–H groups in total. The molecule has 10 heteroatoms. The van der Waals surface area contributed by atoms with Crippen molar-refractivity contribution in [1.82, 2.24) is 0 Å². The van der Waals surface area contributed by atoms with Crippen LogP contribution in [-0.2, 0) is 14.2 Å². The highest BCUT2D eigenvalue weighted by atomic mass is 16.7. The van der Waals surface area contributed by atoms with Crippen molar-refractivity contribution >= 4 is 0 Å². The van der Waals surface area contributed by atoms with Gasteiger partial charge in [-0.1, -0.05) is 23.3 Å². The van der Waals surface area contributed by atoms with Crippen molar-refractivity contribution in [2.24, 2.45) is 0 Å². The van der Waals surface area contributed by atoms with Gasteiger partial charge in [-0.2, -0.15) is 0 Å². The second-order valence-electron chi connectivity index (χ2n) is 8.43. The SMILES string of the molecule is CC(C)=CCC/C(C)=C/CO[C@]1([C@@H]2O[C@@H](CO)[C@H](O)[C@H]2O)O[C@H](CO)[C@@H](O)[C@H](O)[C@H]1O. The molecule has 2 fully saturated rings. The molecule has 0 unspecified atom stereocenters. The summed E-state index contributed by atoms with van der Waals surface area (Å²) >= 11 is 0. The van der Waals surface area contributed by atoms with Crippen LogP contribution >= 0.6 is 0 Å². The molecule has 2 aliphatic heterocycles. The molecule has 9 atom stereocenters. The summed E-state index contributed by atoms with van der Waals surface area (Å²) in [4.78, 5) is 0. The Balaban J connectivity index is 2.28. The Kier molecular flexibility index (Phi) is 9.58. The Labute approximate surface area is 182 Å². The van der Waals surface area contributed by atoms with Gasteiger partial charge in [0.25, 0.3) is 0 Å². The summed E-state index contributed by atoms with van der Waals surface area (Å²) < 4.78 is 17.0. The van der Waals surface area contributed by atoms with Crippen molar-refractivity contribution in [3.63, 3.8) is 0 Å². The highest BCUT2D eigenvalue weighted by Gasteiger charge is 2.64. The smallest absolute Gasteiger partial charge is 0.227 e. The highest BCUT2D eigenvalue weighted by Crippen LogP contribution is 2.40. The predicted molar refractivity (Wildman–Crippen MR) is 109 cm³/mol. The van der Waals surface area contributed by atoms with Crippen LogP contribution in [0.2, 0.25) is 0 Å². The van der Waals surface area contributed by atoms with E-state index in [4.69, 9.17) is 14.2 Å². The van der Waals surface area contributed by atoms with Crippen LogP contribution in [0.4, 0.5) is 0 Å². The van der Waals surface area contributed by atoms with E-state index in [0.29, 0.717) is 0 Å². The maximum atomic E-state index is 10.8. The summed E-state index contributed by atoms with van der Waals surface area (Å²) in [6, 6.07) is 0. The van der Waals surface area contributed by atoms with Gasteiger partial charge in [-0.25, -0.2) is 0 Å². The third kappa shape index (κ3) is 5.72. The quantitative estimate of drug-likeness (QED) is 0.203. The van der Waals surface area contributed by atoms with Crippen LogP contribution in [0.3, 0.4) is 0 Å². The van der Waals surface area contributed by atoms with Crippen molar-refractivity contribution in [3.8, 4) is 0 Å². The van der Waals surface area contributed by atoms with Crippen LogP contribution in [0.1, 0.15) is 33.6 Å². The minimum atomic E-state index is -2.22. The first-order chi connectivity index (χ1) is 14.6. The second kappa shape index (κ2) is 11.3. The summed E-state index contributed by atoms with van der Waals surface area (Å²) in [5.74, 6) is -2.22. The average molecular weight is 449 g/mol. The lowest BCUT2D eigenvalue weighted by Crippen LogP contribution is -2.71. The van der Waals surface area contributed by atoms with Gasteiger partial charge in [0.15, 0.2) is 0 Å². The van der Waals surface area contributed by atoms with Gasteiger partial charge in [0.2, 0.25) is 5.79 Å². The number of rotatable bonds is 9. The largest absolute Gasteiger partial charge is 0.394 e. The monoisotopic (exact) mass is 448 g/mol. The van der Waals surface area contributed by atoms with E-state index in [1.165, 1.54) is 5.57 Å². The molecule has 2 aliphatic rings. The third-order valence-electron chi connectivity index (χ3n) is 5.75. The van der Waals surface area contributed by atoms with E-state index in [9.17, 15) is 35.7 Å². The molecule has 10 nitrogen and oxygen atoms in total. The zero-order valence-electron chi connectivity index (χ0n) is 18.2. The fraction of sp³-hybridized carbons (Fsp3) is 0.810. The van der Waals surface area contributed by atoms with E-state index in [2.05, 4.69) is 6.08 Å². The van der Waals surface area contributed by atoms with E-state index in [1.807, 2.05) is 20.8 Å². The van der Waals surface area contributed by atoms with Crippen molar-refractivity contribution in [2.75, 3.05) is 19.8 Å². The molecular formula is C21H36O10. The average Bonchev–Trinajstić information content (AvgIpc) is 3.02. The van der Waals surface area contributed by atoms with E-state index < -0.39 is 67.8 Å². The first-order valence-corrected chi connectivity index (χ1v) is 10.5. The maximum absolute atomic E-state index is 10.8. The van der Waals surface area contributed by atoms with E-state index in [-0.39, 0.29) is 6.61 Å². The topological polar surface area (TPSA) is 169 Å². The predicted octanol–water partition coefficient (Wildman–Crippen LogP) is -1.65. The van der Waals surface area contributed by atoms with Crippen LogP contribution < -0.4 is 0 Å². The molecule has 0 aromatic carbocycles. The zero-order chi connectivity index (χ0) is 23.3. The number of hydrogen-bond acceptors (Lipinski definition) is 10. The molecule has 0 amide bonds. The van der Waals surface area contributed by atoms with Crippen molar-refractivity contribution in [1.29, 1.82) is 0 Å². The molecule has 0 radical (unpaired) electrons. The molecule has 2 rings (SSSR count). The fourth-order valence-corrected chi connectivity index (χ4v) is 3.84. The molecule has 2 saturated heterocycles. The Hall–Kier alpha value is -0.920. The molecule has 0 saturated carbocycles. The van der Waals surface area contributed by atoms with Gasteiger partial charge < -0.3 is 50.0 Å². The summed E-state index contributed by atoms with van der Waals surface area (Å²) in [5.41, 5.74) is 2.19. The molecule has 0 bridgehead atoms. The van der Waals surface area contributed by atoms with Crippen molar-refractivity contribution < 1.29 is 50.0 Å². The summed E-state index contributed by atoms with van der Waals surface area (Å²) in [6.07, 6.45) is -7.00. The molecule has 0 aromatic heterocycles. The number of aliphatic hydroxyl groups excluding tert-OH is 7. The van der Waals surface area contributed by atoms with Gasteiger partial charge in [-0.15, -0.1) is 0 Å². The Bertz CT molecular complexity index is 632. The zero-order valence-corrected chi connectivity index (χ0v) is 18.2. The minimum Gasteiger partial charge on any atom is -0.394 e. The standard InChI is InChI=1S/C21H36O10/c1-11(2)5-4-6-12(3)7-8-29-21(20-18(27)15(24)13(9-22)30-20)19(28)17(26)16(25)14(10-23)31-21/h5,7,13-20,22-28H,4,6,8-10H2,1-3H3/b12-7+/t13-,14+,15-,16+,17-,18+,19+,20+,21-/m0/s1. The minimum absolute atomic E-state index is 0.106. The van der Waals surface area contributed by atoms with Crippen molar-refractivity contribution in [3.05, 3.63) is 23.3 Å². The van der Waals surface area contributed by atoms with Gasteiger partial charge in [0, 0.05) is 0 Å². The maximum Gasteiger partial charge on any atom is 0.227 e. The number of aliphatic hydroxyl groups is 7. The summed E-state index contributed by atoms with van der Waals surface area (Å²) in [6.45, 7) is 4.49. The van der Waals surface area contributed by atoms with E-state index in [1.54, 1.807) is 6.08 Å². The molecule has 0 aromatic rings. The van der Waals surface area contributed by atoms with E-state index >= 15 is 0 Å². The highest BCUT2D eigenvalue weighted by molar-refractivity contribution is 5.08. The number of hydrogen-bond donors (Lipinski definition) is 7. The Morgan fingerprint density at radius 1 is 0.871 bits per heavy atom. The molecule has 2 heterocycles. The second-order valence-corrected chi connectivity index (χ2v) is 8.43. The summed E-state index contributed by atoms with van der Waals surface area (Å²) in [7, 11) is 0. The van der Waals surface area contributed by atoms with Gasteiger partial charge >= 0.3 is 0 Å². The Morgan fingerprint density at radius 3 is 2.03 bits per heavy atom. The molecule has 0 spiro atoms.